The Hall–Kier alpha value is -1.70. The number of carboxylic acid groups (broad SMARTS) is 1. The molecule has 0 fully saturated rings. The highest BCUT2D eigenvalue weighted by atomic mass is 16.4. The second-order valence-electron chi connectivity index (χ2n) is 4.11. The Morgan fingerprint density at radius 2 is 2.06 bits per heavy atom. The van der Waals surface area contributed by atoms with Crippen LogP contribution in [0.2, 0.25) is 0 Å². The van der Waals surface area contributed by atoms with Gasteiger partial charge in [0.05, 0.1) is 6.54 Å². The summed E-state index contributed by atoms with van der Waals surface area (Å²) in [6, 6.07) is -1.24. The van der Waals surface area contributed by atoms with E-state index in [1.165, 1.54) is 4.90 Å². The highest BCUT2D eigenvalue weighted by Crippen LogP contribution is 2.02. The molecule has 2 N–H and O–H groups in total. The summed E-state index contributed by atoms with van der Waals surface area (Å²) in [5.41, 5.74) is 0. The Morgan fingerprint density at radius 3 is 2.50 bits per heavy atom. The number of hydrogen-bond donors (Lipinski definition) is 2. The highest BCUT2D eigenvalue weighted by Gasteiger charge is 2.21. The van der Waals surface area contributed by atoms with Gasteiger partial charge in [-0.3, -0.25) is 0 Å². The number of carbonyl (C=O) groups excluding carboxylic acids is 1. The number of carbonyl (C=O) groups is 2. The van der Waals surface area contributed by atoms with E-state index in [0.29, 0.717) is 13.0 Å². The minimum atomic E-state index is -1.01. The molecule has 0 aromatic heterocycles. The zero-order chi connectivity index (χ0) is 14.0. The maximum Gasteiger partial charge on any atom is 0.326 e. The van der Waals surface area contributed by atoms with Crippen LogP contribution in [-0.4, -0.2) is 41.1 Å². The molecular formula is C13H22N2O3. The Bertz CT molecular complexity index is 310. The summed E-state index contributed by atoms with van der Waals surface area (Å²) in [4.78, 5) is 24.3. The molecule has 5 heteroatoms. The van der Waals surface area contributed by atoms with Gasteiger partial charge < -0.3 is 15.3 Å². The van der Waals surface area contributed by atoms with Crippen LogP contribution in [0.15, 0.2) is 0 Å². The van der Waals surface area contributed by atoms with Crippen molar-refractivity contribution < 1.29 is 14.7 Å². The number of rotatable bonds is 8. The summed E-state index contributed by atoms with van der Waals surface area (Å²) in [6.07, 6.45) is 8.05. The summed E-state index contributed by atoms with van der Waals surface area (Å²) in [7, 11) is 0. The number of unbranched alkanes of at least 4 members (excludes halogenated alkanes) is 1. The van der Waals surface area contributed by atoms with Crippen molar-refractivity contribution in [2.24, 2.45) is 0 Å². The maximum atomic E-state index is 11.9. The van der Waals surface area contributed by atoms with Crippen molar-refractivity contribution in [2.45, 2.75) is 45.6 Å². The lowest BCUT2D eigenvalue weighted by atomic mass is 10.1. The molecule has 18 heavy (non-hydrogen) atoms. The molecule has 0 saturated heterocycles. The van der Waals surface area contributed by atoms with Crippen LogP contribution < -0.4 is 5.32 Å². The first kappa shape index (κ1) is 16.3. The van der Waals surface area contributed by atoms with Crippen molar-refractivity contribution in [3.63, 3.8) is 0 Å². The number of urea groups is 1. The molecule has 0 aromatic rings. The van der Waals surface area contributed by atoms with Crippen molar-refractivity contribution in [3.05, 3.63) is 0 Å². The second kappa shape index (κ2) is 9.34. The Morgan fingerprint density at radius 1 is 1.39 bits per heavy atom. The lowest BCUT2D eigenvalue weighted by Gasteiger charge is -2.23. The predicted octanol–water partition coefficient (Wildman–Crippen LogP) is 1.68. The van der Waals surface area contributed by atoms with Crippen molar-refractivity contribution in [1.82, 2.24) is 10.2 Å². The quantitative estimate of drug-likeness (QED) is 0.647. The normalized spacial score (nSPS) is 11.4. The molecule has 0 aliphatic heterocycles. The molecule has 0 aliphatic rings. The van der Waals surface area contributed by atoms with Crippen molar-refractivity contribution in [2.75, 3.05) is 13.1 Å². The fourth-order valence-corrected chi connectivity index (χ4v) is 1.54. The first-order valence-electron chi connectivity index (χ1n) is 6.28. The van der Waals surface area contributed by atoms with Gasteiger partial charge in [0, 0.05) is 6.54 Å². The summed E-state index contributed by atoms with van der Waals surface area (Å²) in [5.74, 6) is 1.39. The van der Waals surface area contributed by atoms with Gasteiger partial charge in [-0.05, 0) is 12.8 Å². The van der Waals surface area contributed by atoms with E-state index in [0.717, 1.165) is 19.3 Å². The van der Waals surface area contributed by atoms with Crippen LogP contribution in [0, 0.1) is 12.3 Å². The van der Waals surface area contributed by atoms with Crippen LogP contribution in [0.1, 0.15) is 39.5 Å². The molecule has 0 spiro atoms. The monoisotopic (exact) mass is 254 g/mol. The van der Waals surface area contributed by atoms with Gasteiger partial charge in [0.25, 0.3) is 0 Å². The second-order valence-corrected chi connectivity index (χ2v) is 4.11. The fourth-order valence-electron chi connectivity index (χ4n) is 1.54. The van der Waals surface area contributed by atoms with Crippen LogP contribution in [0.5, 0.6) is 0 Å². The summed E-state index contributed by atoms with van der Waals surface area (Å²) in [6.45, 7) is 4.63. The van der Waals surface area contributed by atoms with Gasteiger partial charge in [-0.1, -0.05) is 32.6 Å². The molecule has 102 valence electrons. The Kier molecular flexibility index (Phi) is 8.46. The van der Waals surface area contributed by atoms with E-state index in [-0.39, 0.29) is 6.54 Å². The average molecular weight is 254 g/mol. The largest absolute Gasteiger partial charge is 0.480 e. The molecule has 5 nitrogen and oxygen atoms in total. The smallest absolute Gasteiger partial charge is 0.326 e. The van der Waals surface area contributed by atoms with Gasteiger partial charge in [-0.15, -0.1) is 6.42 Å². The molecule has 2 amide bonds. The third-order valence-corrected chi connectivity index (χ3v) is 2.51. The van der Waals surface area contributed by atoms with Crippen LogP contribution in [0.3, 0.4) is 0 Å². The molecule has 0 rings (SSSR count). The van der Waals surface area contributed by atoms with Gasteiger partial charge in [0.2, 0.25) is 0 Å². The van der Waals surface area contributed by atoms with Gasteiger partial charge in [0.15, 0.2) is 0 Å². The molecule has 0 bridgehead atoms. The number of nitrogens with zero attached hydrogens (tertiary/aromatic N) is 1. The molecule has 0 aliphatic carbocycles. The number of carboxylic acids is 1. The van der Waals surface area contributed by atoms with E-state index in [9.17, 15) is 9.59 Å². The van der Waals surface area contributed by atoms with E-state index in [1.807, 2.05) is 13.8 Å². The number of nitrogens with one attached hydrogen (secondary N) is 1. The van der Waals surface area contributed by atoms with Crippen molar-refractivity contribution in [3.8, 4) is 12.3 Å². The molecular weight excluding hydrogens is 232 g/mol. The van der Waals surface area contributed by atoms with E-state index in [4.69, 9.17) is 11.5 Å². The Labute approximate surface area is 109 Å². The Balaban J connectivity index is 4.45. The zero-order valence-corrected chi connectivity index (χ0v) is 11.1. The number of terminal acetylenes is 1. The van der Waals surface area contributed by atoms with Gasteiger partial charge in [0.1, 0.15) is 6.04 Å². The number of aliphatic carboxylic acids is 1. The maximum absolute atomic E-state index is 11.9. The first-order chi connectivity index (χ1) is 8.56. The molecule has 0 heterocycles. The standard InChI is InChI=1S/C13H22N2O3/c1-4-7-8-11(12(16)17)14-13(18)15(9-5-2)10-6-3/h2,11H,4,6-10H2,1,3H3,(H,14,18)(H,16,17). The lowest BCUT2D eigenvalue weighted by Crippen LogP contribution is -2.48. The molecule has 1 unspecified atom stereocenters. The van der Waals surface area contributed by atoms with Gasteiger partial charge in [-0.25, -0.2) is 9.59 Å². The fraction of sp³-hybridized carbons (Fsp3) is 0.692. The third kappa shape index (κ3) is 6.14. The molecule has 0 radical (unpaired) electrons. The van der Waals surface area contributed by atoms with Crippen molar-refractivity contribution in [1.29, 1.82) is 0 Å². The topological polar surface area (TPSA) is 69.6 Å². The van der Waals surface area contributed by atoms with E-state index in [2.05, 4.69) is 11.2 Å². The minimum Gasteiger partial charge on any atom is -0.480 e. The SMILES string of the molecule is C#CCN(CCC)C(=O)NC(CCCC)C(=O)O. The predicted molar refractivity (Wildman–Crippen MR) is 70.2 cm³/mol. The minimum absolute atomic E-state index is 0.194. The van der Waals surface area contributed by atoms with Gasteiger partial charge in [-0.2, -0.15) is 0 Å². The van der Waals surface area contributed by atoms with Crippen LogP contribution in [0.4, 0.5) is 4.79 Å². The molecule has 0 aromatic carbocycles. The lowest BCUT2D eigenvalue weighted by molar-refractivity contribution is -0.139. The zero-order valence-electron chi connectivity index (χ0n) is 11.1. The summed E-state index contributed by atoms with van der Waals surface area (Å²) in [5, 5.41) is 11.5. The summed E-state index contributed by atoms with van der Waals surface area (Å²) < 4.78 is 0. The van der Waals surface area contributed by atoms with E-state index < -0.39 is 18.0 Å². The molecule has 1 atom stereocenters. The average Bonchev–Trinajstić information content (AvgIpc) is 2.33. The van der Waals surface area contributed by atoms with Gasteiger partial charge >= 0.3 is 12.0 Å². The van der Waals surface area contributed by atoms with E-state index >= 15 is 0 Å². The number of amides is 2. The van der Waals surface area contributed by atoms with Crippen LogP contribution >= 0.6 is 0 Å². The molecule has 0 saturated carbocycles. The first-order valence-corrected chi connectivity index (χ1v) is 6.28. The van der Waals surface area contributed by atoms with Crippen molar-refractivity contribution >= 4 is 12.0 Å². The third-order valence-electron chi connectivity index (χ3n) is 2.51. The van der Waals surface area contributed by atoms with Crippen LogP contribution in [-0.2, 0) is 4.79 Å². The van der Waals surface area contributed by atoms with E-state index in [1.54, 1.807) is 0 Å². The van der Waals surface area contributed by atoms with Crippen LogP contribution in [0.25, 0.3) is 0 Å². The summed E-state index contributed by atoms with van der Waals surface area (Å²) >= 11 is 0. The highest BCUT2D eigenvalue weighted by molar-refractivity contribution is 5.82. The number of hydrogen-bond acceptors (Lipinski definition) is 2.